The van der Waals surface area contributed by atoms with Gasteiger partial charge in [-0.2, -0.15) is 10.2 Å². The minimum atomic E-state index is -0.362. The zero-order valence-corrected chi connectivity index (χ0v) is 13.1. The predicted octanol–water partition coefficient (Wildman–Crippen LogP) is 1.32. The lowest BCUT2D eigenvalue weighted by Crippen LogP contribution is -2.34. The largest absolute Gasteiger partial charge is 0.369 e. The normalized spacial score (nSPS) is 14.0. The highest BCUT2D eigenvalue weighted by atomic mass is 16.1. The Balaban J connectivity index is 2.00. The van der Waals surface area contributed by atoms with E-state index in [0.717, 1.165) is 12.8 Å². The van der Waals surface area contributed by atoms with Gasteiger partial charge in [-0.1, -0.05) is 24.3 Å². The minimum Gasteiger partial charge on any atom is -0.369 e. The summed E-state index contributed by atoms with van der Waals surface area (Å²) in [7, 11) is 0. The Kier molecular flexibility index (Phi) is 4.02. The van der Waals surface area contributed by atoms with Crippen molar-refractivity contribution in [3.63, 3.8) is 0 Å². The van der Waals surface area contributed by atoms with Crippen molar-refractivity contribution >= 4 is 11.8 Å². The van der Waals surface area contributed by atoms with E-state index in [1.807, 2.05) is 30.0 Å². The summed E-state index contributed by atoms with van der Waals surface area (Å²) in [5, 5.41) is 9.41. The third kappa shape index (κ3) is 2.66. The molecule has 0 aliphatic carbocycles. The first-order valence-electron chi connectivity index (χ1n) is 7.77. The molecule has 0 atom stereocenters. The quantitative estimate of drug-likeness (QED) is 0.904. The lowest BCUT2D eigenvalue weighted by Gasteiger charge is -2.23. The second kappa shape index (κ2) is 6.13. The lowest BCUT2D eigenvalue weighted by atomic mass is 10.0. The van der Waals surface area contributed by atoms with Crippen LogP contribution in [0.5, 0.6) is 0 Å². The summed E-state index contributed by atoms with van der Waals surface area (Å²) in [6.07, 6.45) is 1.72. The molecule has 0 radical (unpaired) electrons. The fourth-order valence-electron chi connectivity index (χ4n) is 3.07. The van der Waals surface area contributed by atoms with Crippen LogP contribution in [0.1, 0.15) is 23.6 Å². The van der Waals surface area contributed by atoms with E-state index in [-0.39, 0.29) is 17.1 Å². The SMILES string of the molecule is CCn1c(N)nc(N2CCc3ccccc3CC2)c(C#N)c1=O. The van der Waals surface area contributed by atoms with Crippen molar-refractivity contribution in [3.8, 4) is 6.07 Å². The van der Waals surface area contributed by atoms with Gasteiger partial charge in [-0.05, 0) is 30.9 Å². The van der Waals surface area contributed by atoms with Crippen LogP contribution < -0.4 is 16.2 Å². The maximum absolute atomic E-state index is 12.4. The van der Waals surface area contributed by atoms with Gasteiger partial charge in [-0.25, -0.2) is 0 Å². The number of hydrogen-bond acceptors (Lipinski definition) is 5. The summed E-state index contributed by atoms with van der Waals surface area (Å²) in [4.78, 5) is 18.8. The second-order valence-corrected chi connectivity index (χ2v) is 5.59. The van der Waals surface area contributed by atoms with E-state index < -0.39 is 0 Å². The van der Waals surface area contributed by atoms with Crippen LogP contribution in [0, 0.1) is 11.3 Å². The third-order valence-corrected chi connectivity index (χ3v) is 4.33. The number of rotatable bonds is 2. The maximum atomic E-state index is 12.4. The zero-order valence-electron chi connectivity index (χ0n) is 13.1. The van der Waals surface area contributed by atoms with E-state index in [1.54, 1.807) is 0 Å². The molecule has 0 saturated carbocycles. The van der Waals surface area contributed by atoms with Crippen LogP contribution in [0.4, 0.5) is 11.8 Å². The summed E-state index contributed by atoms with van der Waals surface area (Å²) >= 11 is 0. The fourth-order valence-corrected chi connectivity index (χ4v) is 3.07. The van der Waals surface area contributed by atoms with Crippen molar-refractivity contribution in [2.45, 2.75) is 26.3 Å². The maximum Gasteiger partial charge on any atom is 0.275 e. The average Bonchev–Trinajstić information content (AvgIpc) is 2.77. The molecule has 1 aliphatic rings. The summed E-state index contributed by atoms with van der Waals surface area (Å²) in [5.41, 5.74) is 8.23. The van der Waals surface area contributed by atoms with Gasteiger partial charge in [0.1, 0.15) is 6.07 Å². The van der Waals surface area contributed by atoms with Crippen LogP contribution in [0.25, 0.3) is 0 Å². The molecule has 2 N–H and O–H groups in total. The number of nitrogens with zero attached hydrogens (tertiary/aromatic N) is 4. The Labute approximate surface area is 134 Å². The summed E-state index contributed by atoms with van der Waals surface area (Å²) in [5.74, 6) is 0.570. The molecule has 0 amide bonds. The molecule has 0 fully saturated rings. The third-order valence-electron chi connectivity index (χ3n) is 4.33. The Morgan fingerprint density at radius 3 is 2.39 bits per heavy atom. The Morgan fingerprint density at radius 2 is 1.87 bits per heavy atom. The van der Waals surface area contributed by atoms with Gasteiger partial charge in [0.05, 0.1) is 0 Å². The first kappa shape index (κ1) is 15.1. The van der Waals surface area contributed by atoms with Crippen molar-refractivity contribution < 1.29 is 0 Å². The Hall–Kier alpha value is -2.81. The van der Waals surface area contributed by atoms with E-state index in [1.165, 1.54) is 15.7 Å². The van der Waals surface area contributed by atoms with Gasteiger partial charge in [-0.15, -0.1) is 0 Å². The summed E-state index contributed by atoms with van der Waals surface area (Å²) < 4.78 is 1.33. The van der Waals surface area contributed by atoms with E-state index in [9.17, 15) is 10.1 Å². The van der Waals surface area contributed by atoms with E-state index in [0.29, 0.717) is 25.5 Å². The minimum absolute atomic E-state index is 0.0759. The molecule has 0 saturated heterocycles. The number of nitrogens with two attached hydrogens (primary N) is 1. The van der Waals surface area contributed by atoms with Gasteiger partial charge in [0.25, 0.3) is 5.56 Å². The molecule has 0 bridgehead atoms. The summed E-state index contributed by atoms with van der Waals surface area (Å²) in [6, 6.07) is 10.3. The zero-order chi connectivity index (χ0) is 16.4. The smallest absolute Gasteiger partial charge is 0.275 e. The fraction of sp³-hybridized carbons (Fsp3) is 0.353. The number of benzene rings is 1. The van der Waals surface area contributed by atoms with Gasteiger partial charge in [0.15, 0.2) is 11.4 Å². The van der Waals surface area contributed by atoms with Crippen molar-refractivity contribution in [2.75, 3.05) is 23.7 Å². The van der Waals surface area contributed by atoms with Crippen LogP contribution in [0.3, 0.4) is 0 Å². The first-order valence-corrected chi connectivity index (χ1v) is 7.77. The molecule has 3 rings (SSSR count). The van der Waals surface area contributed by atoms with Crippen LogP contribution >= 0.6 is 0 Å². The number of hydrogen-bond donors (Lipinski definition) is 1. The number of nitriles is 1. The van der Waals surface area contributed by atoms with Gasteiger partial charge >= 0.3 is 0 Å². The molecule has 1 aromatic heterocycles. The molecule has 1 aromatic carbocycles. The van der Waals surface area contributed by atoms with Crippen molar-refractivity contribution in [3.05, 3.63) is 51.3 Å². The molecule has 1 aliphatic heterocycles. The molecule has 6 heteroatoms. The predicted molar refractivity (Wildman–Crippen MR) is 89.4 cm³/mol. The van der Waals surface area contributed by atoms with Crippen LogP contribution in [0.2, 0.25) is 0 Å². The van der Waals surface area contributed by atoms with E-state index in [2.05, 4.69) is 17.1 Å². The second-order valence-electron chi connectivity index (χ2n) is 5.59. The number of fused-ring (bicyclic) bond motifs is 1. The topological polar surface area (TPSA) is 87.9 Å². The van der Waals surface area contributed by atoms with Gasteiger partial charge in [0.2, 0.25) is 5.95 Å². The first-order chi connectivity index (χ1) is 11.2. The van der Waals surface area contributed by atoms with Crippen molar-refractivity contribution in [2.24, 2.45) is 0 Å². The monoisotopic (exact) mass is 309 g/mol. The standard InChI is InChI=1S/C17H19N5O/c1-2-22-16(23)14(11-18)15(20-17(22)19)21-9-7-12-5-3-4-6-13(12)8-10-21/h3-6H,2,7-10H2,1H3,(H2,19,20). The lowest BCUT2D eigenvalue weighted by molar-refractivity contribution is 0.706. The van der Waals surface area contributed by atoms with Gasteiger partial charge < -0.3 is 10.6 Å². The highest BCUT2D eigenvalue weighted by Crippen LogP contribution is 2.21. The summed E-state index contributed by atoms with van der Waals surface area (Å²) in [6.45, 7) is 3.64. The van der Waals surface area contributed by atoms with Gasteiger partial charge in [0, 0.05) is 19.6 Å². The van der Waals surface area contributed by atoms with E-state index in [4.69, 9.17) is 5.73 Å². The Morgan fingerprint density at radius 1 is 1.26 bits per heavy atom. The molecule has 0 unspecified atom stereocenters. The van der Waals surface area contributed by atoms with Crippen LogP contribution in [0.15, 0.2) is 29.1 Å². The average molecular weight is 309 g/mol. The van der Waals surface area contributed by atoms with Gasteiger partial charge in [-0.3, -0.25) is 9.36 Å². The van der Waals surface area contributed by atoms with E-state index >= 15 is 0 Å². The highest BCUT2D eigenvalue weighted by molar-refractivity contribution is 5.56. The molecular weight excluding hydrogens is 290 g/mol. The molecule has 2 heterocycles. The van der Waals surface area contributed by atoms with Crippen molar-refractivity contribution in [1.82, 2.24) is 9.55 Å². The molecular formula is C17H19N5O. The van der Waals surface area contributed by atoms with Crippen molar-refractivity contribution in [1.29, 1.82) is 5.26 Å². The molecule has 2 aromatic rings. The van der Waals surface area contributed by atoms with Crippen LogP contribution in [-0.2, 0) is 19.4 Å². The Bertz CT molecular complexity index is 807. The molecule has 0 spiro atoms. The number of aromatic nitrogens is 2. The van der Waals surface area contributed by atoms with Crippen LogP contribution in [-0.4, -0.2) is 22.6 Å². The number of nitrogen functional groups attached to an aromatic ring is 1. The molecule has 118 valence electrons. The molecule has 23 heavy (non-hydrogen) atoms. The number of anilines is 2. The molecule has 6 nitrogen and oxygen atoms in total. The highest BCUT2D eigenvalue weighted by Gasteiger charge is 2.21.